The fourth-order valence-corrected chi connectivity index (χ4v) is 6.61. The minimum Gasteiger partial charge on any atom is -0.302 e. The van der Waals surface area contributed by atoms with Gasteiger partial charge >= 0.3 is 0 Å². The summed E-state index contributed by atoms with van der Waals surface area (Å²) in [5, 5.41) is 5.51. The fraction of sp³-hybridized carbons (Fsp3) is 0.333. The molecule has 0 bridgehead atoms. The van der Waals surface area contributed by atoms with E-state index in [0.29, 0.717) is 23.7 Å². The molecule has 0 aliphatic rings. The van der Waals surface area contributed by atoms with E-state index in [9.17, 15) is 13.2 Å². The Morgan fingerprint density at radius 3 is 2.43 bits per heavy atom. The molecule has 0 unspecified atom stereocenters. The number of fused-ring (bicyclic) bond motifs is 2. The number of hydrogen-bond acceptors (Lipinski definition) is 5. The van der Waals surface area contributed by atoms with Crippen molar-refractivity contribution in [2.75, 3.05) is 18.4 Å². The monoisotopic (exact) mass is 509 g/mol. The number of hydrogen-bond donors (Lipinski definition) is 1. The minimum absolute atomic E-state index is 0.154. The van der Waals surface area contributed by atoms with Crippen LogP contribution in [0.2, 0.25) is 0 Å². The Morgan fingerprint density at radius 1 is 0.971 bits per heavy atom. The summed E-state index contributed by atoms with van der Waals surface area (Å²) in [5.41, 5.74) is 1.62. The van der Waals surface area contributed by atoms with E-state index in [4.69, 9.17) is 0 Å². The Hall–Kier alpha value is -2.81. The lowest BCUT2D eigenvalue weighted by molar-refractivity contribution is -0.115. The number of anilines is 1. The van der Waals surface area contributed by atoms with Crippen LogP contribution in [0.1, 0.15) is 45.1 Å². The van der Waals surface area contributed by atoms with Crippen molar-refractivity contribution < 1.29 is 13.2 Å². The first-order valence-corrected chi connectivity index (χ1v) is 14.3. The van der Waals surface area contributed by atoms with Crippen LogP contribution in [0.5, 0.6) is 0 Å². The molecule has 1 heterocycles. The van der Waals surface area contributed by atoms with Gasteiger partial charge in [-0.2, -0.15) is 4.31 Å². The molecule has 0 saturated heterocycles. The normalized spacial score (nSPS) is 12.0. The molecule has 0 radical (unpaired) electrons. The van der Waals surface area contributed by atoms with Crippen molar-refractivity contribution in [2.24, 2.45) is 0 Å². The Balaban J connectivity index is 1.52. The molecule has 4 rings (SSSR count). The number of aromatic nitrogens is 1. The number of nitrogens with one attached hydrogen (secondary N) is 1. The van der Waals surface area contributed by atoms with Gasteiger partial charge in [-0.1, -0.05) is 80.5 Å². The number of rotatable bonds is 11. The summed E-state index contributed by atoms with van der Waals surface area (Å²) < 4.78 is 29.0. The van der Waals surface area contributed by atoms with Gasteiger partial charge in [0.1, 0.15) is 0 Å². The van der Waals surface area contributed by atoms with Crippen molar-refractivity contribution in [3.8, 4) is 0 Å². The molecule has 3 aromatic carbocycles. The van der Waals surface area contributed by atoms with Gasteiger partial charge in [-0.25, -0.2) is 13.4 Å². The van der Waals surface area contributed by atoms with E-state index in [1.807, 2.05) is 42.5 Å². The van der Waals surface area contributed by atoms with Gasteiger partial charge < -0.3 is 5.32 Å². The van der Waals surface area contributed by atoms with Crippen molar-refractivity contribution >= 4 is 53.4 Å². The van der Waals surface area contributed by atoms with Gasteiger partial charge in [-0.15, -0.1) is 0 Å². The van der Waals surface area contributed by atoms with Crippen molar-refractivity contribution in [3.05, 3.63) is 66.2 Å². The second kappa shape index (κ2) is 11.3. The SMILES string of the molecule is CCCCN(CCCC)S(=O)(=O)c1ccc2nc(NC(=O)Cc3cccc4ccccc34)sc2c1. The standard InChI is InChI=1S/C27H31N3O3S2/c1-3-5-16-30(17-6-4-2)35(32,33)22-14-15-24-25(19-22)34-27(28-24)29-26(31)18-21-12-9-11-20-10-7-8-13-23(20)21/h7-15,19H,3-6,16-18H2,1-2H3,(H,28,29,31). The number of amides is 1. The Bertz CT molecular complexity index is 1420. The largest absolute Gasteiger partial charge is 0.302 e. The maximum Gasteiger partial charge on any atom is 0.243 e. The lowest BCUT2D eigenvalue weighted by Crippen LogP contribution is -2.33. The first-order chi connectivity index (χ1) is 16.9. The molecular formula is C27H31N3O3S2. The molecule has 1 aromatic heterocycles. The van der Waals surface area contributed by atoms with Crippen molar-refractivity contribution in [2.45, 2.75) is 50.8 Å². The van der Waals surface area contributed by atoms with Crippen LogP contribution in [0.3, 0.4) is 0 Å². The summed E-state index contributed by atoms with van der Waals surface area (Å²) in [7, 11) is -3.59. The quantitative estimate of drug-likeness (QED) is 0.260. The van der Waals surface area contributed by atoms with Gasteiger partial charge in [0, 0.05) is 13.1 Å². The van der Waals surface area contributed by atoms with Gasteiger partial charge in [-0.3, -0.25) is 4.79 Å². The van der Waals surface area contributed by atoms with Crippen LogP contribution in [-0.2, 0) is 21.2 Å². The van der Waals surface area contributed by atoms with Crippen LogP contribution in [0.4, 0.5) is 5.13 Å². The summed E-state index contributed by atoms with van der Waals surface area (Å²) in [6.07, 6.45) is 3.78. The first kappa shape index (κ1) is 25.3. The molecule has 1 amide bonds. The lowest BCUT2D eigenvalue weighted by atomic mass is 10.0. The smallest absolute Gasteiger partial charge is 0.243 e. The van der Waals surface area contributed by atoms with E-state index in [0.717, 1.165) is 46.7 Å². The maximum atomic E-state index is 13.3. The summed E-state index contributed by atoms with van der Waals surface area (Å²) in [4.78, 5) is 17.5. The highest BCUT2D eigenvalue weighted by Gasteiger charge is 2.24. The lowest BCUT2D eigenvalue weighted by Gasteiger charge is -2.21. The average molecular weight is 510 g/mol. The minimum atomic E-state index is -3.59. The van der Waals surface area contributed by atoms with Gasteiger partial charge in [-0.05, 0) is 47.4 Å². The number of thiazole rings is 1. The van der Waals surface area contributed by atoms with Crippen LogP contribution in [-0.4, -0.2) is 36.7 Å². The molecule has 0 spiro atoms. The van der Waals surface area contributed by atoms with E-state index in [1.165, 1.54) is 11.3 Å². The zero-order valence-electron chi connectivity index (χ0n) is 20.2. The molecule has 0 atom stereocenters. The van der Waals surface area contributed by atoms with Gasteiger partial charge in [0.2, 0.25) is 15.9 Å². The molecule has 6 nitrogen and oxygen atoms in total. The third-order valence-electron chi connectivity index (χ3n) is 6.00. The number of carbonyl (C=O) groups excluding carboxylic acids is 1. The second-order valence-corrected chi connectivity index (χ2v) is 11.6. The maximum absolute atomic E-state index is 13.3. The van der Waals surface area contributed by atoms with E-state index in [2.05, 4.69) is 24.1 Å². The number of sulfonamides is 1. The third-order valence-corrected chi connectivity index (χ3v) is 8.83. The van der Waals surface area contributed by atoms with E-state index in [1.54, 1.807) is 22.5 Å². The number of benzene rings is 3. The molecule has 35 heavy (non-hydrogen) atoms. The summed E-state index contributed by atoms with van der Waals surface area (Å²) in [6, 6.07) is 18.9. The third kappa shape index (κ3) is 5.89. The molecule has 0 aliphatic carbocycles. The van der Waals surface area contributed by atoms with E-state index in [-0.39, 0.29) is 17.2 Å². The van der Waals surface area contributed by atoms with Gasteiger partial charge in [0.25, 0.3) is 0 Å². The van der Waals surface area contributed by atoms with Gasteiger partial charge in [0.15, 0.2) is 5.13 Å². The van der Waals surface area contributed by atoms with Gasteiger partial charge in [0.05, 0.1) is 21.5 Å². The molecular weight excluding hydrogens is 478 g/mol. The summed E-state index contributed by atoms with van der Waals surface area (Å²) in [5.74, 6) is -0.154. The molecule has 0 saturated carbocycles. The van der Waals surface area contributed by atoms with Crippen LogP contribution >= 0.6 is 11.3 Å². The topological polar surface area (TPSA) is 79.4 Å². The van der Waals surface area contributed by atoms with Crippen molar-refractivity contribution in [1.82, 2.24) is 9.29 Å². The highest BCUT2D eigenvalue weighted by Crippen LogP contribution is 2.30. The summed E-state index contributed by atoms with van der Waals surface area (Å²) in [6.45, 7) is 5.16. The van der Waals surface area contributed by atoms with Crippen LogP contribution in [0.25, 0.3) is 21.0 Å². The molecule has 184 valence electrons. The summed E-state index contributed by atoms with van der Waals surface area (Å²) >= 11 is 1.29. The molecule has 0 aliphatic heterocycles. The Morgan fingerprint density at radius 2 is 1.69 bits per heavy atom. The molecule has 8 heteroatoms. The molecule has 1 N–H and O–H groups in total. The predicted molar refractivity (Wildman–Crippen MR) is 144 cm³/mol. The van der Waals surface area contributed by atoms with Crippen LogP contribution in [0, 0.1) is 0 Å². The van der Waals surface area contributed by atoms with Crippen molar-refractivity contribution in [3.63, 3.8) is 0 Å². The fourth-order valence-electron chi connectivity index (χ4n) is 4.07. The molecule has 4 aromatic rings. The van der Waals surface area contributed by atoms with Crippen LogP contribution < -0.4 is 5.32 Å². The van der Waals surface area contributed by atoms with Crippen molar-refractivity contribution in [1.29, 1.82) is 0 Å². The zero-order chi connectivity index (χ0) is 24.8. The Labute approximate surface area is 211 Å². The Kier molecular flexibility index (Phi) is 8.15. The first-order valence-electron chi connectivity index (χ1n) is 12.1. The van der Waals surface area contributed by atoms with E-state index < -0.39 is 10.0 Å². The van der Waals surface area contributed by atoms with Crippen LogP contribution in [0.15, 0.2) is 65.6 Å². The second-order valence-electron chi connectivity index (χ2n) is 8.62. The predicted octanol–water partition coefficient (Wildman–Crippen LogP) is 6.22. The number of carbonyl (C=O) groups is 1. The highest BCUT2D eigenvalue weighted by atomic mass is 32.2. The van der Waals surface area contributed by atoms with E-state index >= 15 is 0 Å². The number of unbranched alkanes of at least 4 members (excludes halogenated alkanes) is 2. The molecule has 0 fully saturated rings. The number of nitrogens with zero attached hydrogens (tertiary/aromatic N) is 2. The zero-order valence-corrected chi connectivity index (χ0v) is 21.8. The average Bonchev–Trinajstić information content (AvgIpc) is 3.25. The highest BCUT2D eigenvalue weighted by molar-refractivity contribution is 7.89.